The van der Waals surface area contributed by atoms with Gasteiger partial charge in [-0.1, -0.05) is 6.07 Å². The third-order valence-electron chi connectivity index (χ3n) is 4.50. The van der Waals surface area contributed by atoms with Crippen molar-refractivity contribution in [2.75, 3.05) is 31.6 Å². The number of rotatable bonds is 1. The van der Waals surface area contributed by atoms with E-state index in [-0.39, 0.29) is 5.41 Å². The summed E-state index contributed by atoms with van der Waals surface area (Å²) in [6.45, 7) is 4.74. The van der Waals surface area contributed by atoms with E-state index < -0.39 is 0 Å². The Kier molecular flexibility index (Phi) is 2.96. The summed E-state index contributed by atoms with van der Waals surface area (Å²) in [5, 5.41) is 0. The summed E-state index contributed by atoms with van der Waals surface area (Å²) in [6, 6.07) is 6.11. The highest BCUT2D eigenvalue weighted by Gasteiger charge is 2.47. The number of amides is 1. The molecule has 2 saturated heterocycles. The molecule has 0 bridgehead atoms. The van der Waals surface area contributed by atoms with E-state index in [0.717, 1.165) is 50.4 Å². The van der Waals surface area contributed by atoms with Crippen molar-refractivity contribution in [3.8, 4) is 0 Å². The highest BCUT2D eigenvalue weighted by molar-refractivity contribution is 5.85. The fraction of sp³-hybridized carbons (Fsp3) is 0.600. The van der Waals surface area contributed by atoms with Gasteiger partial charge in [-0.3, -0.25) is 4.79 Å². The Labute approximate surface area is 114 Å². The van der Waals surface area contributed by atoms with Gasteiger partial charge >= 0.3 is 0 Å². The van der Waals surface area contributed by atoms with Crippen molar-refractivity contribution in [1.29, 1.82) is 0 Å². The number of anilines is 1. The van der Waals surface area contributed by atoms with Crippen LogP contribution in [-0.4, -0.2) is 42.5 Å². The van der Waals surface area contributed by atoms with Crippen molar-refractivity contribution in [2.24, 2.45) is 5.41 Å². The zero-order valence-corrected chi connectivity index (χ0v) is 11.7. The second kappa shape index (κ2) is 4.51. The molecule has 3 rings (SSSR count). The molecular formula is C15H21N3O. The average Bonchev–Trinajstić information content (AvgIpc) is 2.68. The van der Waals surface area contributed by atoms with E-state index in [1.54, 1.807) is 0 Å². The SMILES string of the molecule is Cc1cccc(N2CCC[C@@]3(CCN(C)C3=O)C2)n1. The maximum Gasteiger partial charge on any atom is 0.230 e. The van der Waals surface area contributed by atoms with Gasteiger partial charge in [-0.2, -0.15) is 0 Å². The number of pyridine rings is 1. The molecule has 4 heteroatoms. The first-order chi connectivity index (χ1) is 9.11. The molecule has 0 saturated carbocycles. The standard InChI is InChI=1S/C15H21N3O/c1-12-5-3-6-13(16-12)18-9-4-7-15(11-18)8-10-17(2)14(15)19/h3,5-6H,4,7-11H2,1-2H3/t15-/m1/s1. The number of nitrogens with zero attached hydrogens (tertiary/aromatic N) is 3. The Morgan fingerprint density at radius 1 is 1.26 bits per heavy atom. The van der Waals surface area contributed by atoms with Crippen LogP contribution in [0.25, 0.3) is 0 Å². The second-order valence-corrected chi connectivity index (χ2v) is 5.92. The van der Waals surface area contributed by atoms with Gasteiger partial charge in [0, 0.05) is 32.4 Å². The third-order valence-corrected chi connectivity index (χ3v) is 4.50. The number of likely N-dealkylation sites (tertiary alicyclic amines) is 1. The first-order valence-corrected chi connectivity index (χ1v) is 7.05. The molecule has 1 aromatic heterocycles. The monoisotopic (exact) mass is 259 g/mol. The zero-order valence-electron chi connectivity index (χ0n) is 11.7. The highest BCUT2D eigenvalue weighted by atomic mass is 16.2. The van der Waals surface area contributed by atoms with Crippen LogP contribution in [0.3, 0.4) is 0 Å². The lowest BCUT2D eigenvalue weighted by Crippen LogP contribution is -2.47. The summed E-state index contributed by atoms with van der Waals surface area (Å²) < 4.78 is 0. The minimum Gasteiger partial charge on any atom is -0.356 e. The van der Waals surface area contributed by atoms with Crippen LogP contribution in [0.15, 0.2) is 18.2 Å². The van der Waals surface area contributed by atoms with E-state index in [2.05, 4.69) is 16.0 Å². The maximum absolute atomic E-state index is 12.4. The van der Waals surface area contributed by atoms with Gasteiger partial charge in [0.2, 0.25) is 5.91 Å². The fourth-order valence-electron chi connectivity index (χ4n) is 3.41. The van der Waals surface area contributed by atoms with Crippen molar-refractivity contribution in [1.82, 2.24) is 9.88 Å². The topological polar surface area (TPSA) is 36.4 Å². The van der Waals surface area contributed by atoms with Crippen LogP contribution in [0.2, 0.25) is 0 Å². The molecule has 2 fully saturated rings. The third kappa shape index (κ3) is 2.09. The quantitative estimate of drug-likeness (QED) is 0.772. The Bertz CT molecular complexity index is 498. The predicted octanol–water partition coefficient (Wildman–Crippen LogP) is 1.84. The molecule has 1 spiro atoms. The Balaban J connectivity index is 1.84. The minimum absolute atomic E-state index is 0.154. The Hall–Kier alpha value is -1.58. The normalized spacial score (nSPS) is 27.4. The average molecular weight is 259 g/mol. The van der Waals surface area contributed by atoms with E-state index in [4.69, 9.17) is 0 Å². The van der Waals surface area contributed by atoms with Crippen molar-refractivity contribution >= 4 is 11.7 Å². The van der Waals surface area contributed by atoms with Crippen molar-refractivity contribution in [3.63, 3.8) is 0 Å². The molecule has 0 aromatic carbocycles. The maximum atomic E-state index is 12.4. The molecule has 1 atom stereocenters. The number of carbonyl (C=O) groups excluding carboxylic acids is 1. The van der Waals surface area contributed by atoms with E-state index in [1.165, 1.54) is 0 Å². The van der Waals surface area contributed by atoms with E-state index in [9.17, 15) is 4.79 Å². The van der Waals surface area contributed by atoms with Gasteiger partial charge in [0.25, 0.3) is 0 Å². The molecular weight excluding hydrogens is 238 g/mol. The second-order valence-electron chi connectivity index (χ2n) is 5.92. The molecule has 0 unspecified atom stereocenters. The van der Waals surface area contributed by atoms with Crippen LogP contribution in [0.1, 0.15) is 25.0 Å². The Morgan fingerprint density at radius 2 is 2.11 bits per heavy atom. The lowest BCUT2D eigenvalue weighted by Gasteiger charge is -2.39. The first kappa shape index (κ1) is 12.5. The fourth-order valence-corrected chi connectivity index (χ4v) is 3.41. The lowest BCUT2D eigenvalue weighted by atomic mass is 9.78. The number of piperidine rings is 1. The number of aryl methyl sites for hydroxylation is 1. The highest BCUT2D eigenvalue weighted by Crippen LogP contribution is 2.40. The summed E-state index contributed by atoms with van der Waals surface area (Å²) >= 11 is 0. The Morgan fingerprint density at radius 3 is 2.79 bits per heavy atom. The van der Waals surface area contributed by atoms with Crippen LogP contribution in [0.5, 0.6) is 0 Å². The van der Waals surface area contributed by atoms with E-state index in [0.29, 0.717) is 5.91 Å². The summed E-state index contributed by atoms with van der Waals surface area (Å²) in [5.74, 6) is 1.34. The number of hydrogen-bond acceptors (Lipinski definition) is 3. The van der Waals surface area contributed by atoms with Gasteiger partial charge in [-0.15, -0.1) is 0 Å². The van der Waals surface area contributed by atoms with Gasteiger partial charge in [0.05, 0.1) is 5.41 Å². The molecule has 19 heavy (non-hydrogen) atoms. The number of hydrogen-bond donors (Lipinski definition) is 0. The van der Waals surface area contributed by atoms with Gasteiger partial charge in [-0.25, -0.2) is 4.98 Å². The van der Waals surface area contributed by atoms with Gasteiger partial charge in [0.1, 0.15) is 5.82 Å². The molecule has 0 aliphatic carbocycles. The number of carbonyl (C=O) groups is 1. The smallest absolute Gasteiger partial charge is 0.230 e. The van der Waals surface area contributed by atoms with E-state index in [1.807, 2.05) is 31.0 Å². The molecule has 1 amide bonds. The molecule has 3 heterocycles. The molecule has 0 radical (unpaired) electrons. The largest absolute Gasteiger partial charge is 0.356 e. The molecule has 4 nitrogen and oxygen atoms in total. The molecule has 2 aliphatic rings. The van der Waals surface area contributed by atoms with Gasteiger partial charge in [-0.05, 0) is 38.3 Å². The van der Waals surface area contributed by atoms with Crippen LogP contribution in [-0.2, 0) is 4.79 Å². The summed E-state index contributed by atoms with van der Waals surface area (Å²) in [7, 11) is 1.92. The van der Waals surface area contributed by atoms with Crippen molar-refractivity contribution < 1.29 is 4.79 Å². The van der Waals surface area contributed by atoms with Crippen molar-refractivity contribution in [3.05, 3.63) is 23.9 Å². The lowest BCUT2D eigenvalue weighted by molar-refractivity contribution is -0.135. The van der Waals surface area contributed by atoms with Gasteiger partial charge in [0.15, 0.2) is 0 Å². The summed E-state index contributed by atoms with van der Waals surface area (Å²) in [4.78, 5) is 21.2. The van der Waals surface area contributed by atoms with Crippen molar-refractivity contribution in [2.45, 2.75) is 26.2 Å². The van der Waals surface area contributed by atoms with Crippen LogP contribution in [0, 0.1) is 12.3 Å². The minimum atomic E-state index is -0.154. The van der Waals surface area contributed by atoms with Crippen LogP contribution in [0.4, 0.5) is 5.82 Å². The molecule has 0 N–H and O–H groups in total. The molecule has 102 valence electrons. The zero-order chi connectivity index (χ0) is 13.5. The summed E-state index contributed by atoms with van der Waals surface area (Å²) in [5.41, 5.74) is 0.880. The number of aromatic nitrogens is 1. The molecule has 2 aliphatic heterocycles. The molecule has 1 aromatic rings. The summed E-state index contributed by atoms with van der Waals surface area (Å²) in [6.07, 6.45) is 3.10. The predicted molar refractivity (Wildman–Crippen MR) is 75.1 cm³/mol. The van der Waals surface area contributed by atoms with Crippen LogP contribution < -0.4 is 4.90 Å². The van der Waals surface area contributed by atoms with Crippen LogP contribution >= 0.6 is 0 Å². The first-order valence-electron chi connectivity index (χ1n) is 7.05. The van der Waals surface area contributed by atoms with E-state index >= 15 is 0 Å². The van der Waals surface area contributed by atoms with Gasteiger partial charge < -0.3 is 9.80 Å².